The van der Waals surface area contributed by atoms with Crippen molar-refractivity contribution in [3.05, 3.63) is 77.7 Å². The Bertz CT molecular complexity index is 1350. The fourth-order valence-corrected chi connectivity index (χ4v) is 4.21. The van der Waals surface area contributed by atoms with E-state index >= 15 is 0 Å². The number of benzene rings is 2. The average molecular weight is 461 g/mol. The summed E-state index contributed by atoms with van der Waals surface area (Å²) in [7, 11) is 1.54. The number of aromatic nitrogens is 2. The van der Waals surface area contributed by atoms with Crippen molar-refractivity contribution >= 4 is 16.8 Å². The van der Waals surface area contributed by atoms with Gasteiger partial charge in [-0.2, -0.15) is 0 Å². The molecule has 174 valence electrons. The van der Waals surface area contributed by atoms with E-state index in [9.17, 15) is 9.18 Å². The average Bonchev–Trinajstić information content (AvgIpc) is 3.19. The third-order valence-electron chi connectivity index (χ3n) is 5.98. The lowest BCUT2D eigenvalue weighted by Crippen LogP contribution is -2.46. The first kappa shape index (κ1) is 21.9. The standard InChI is InChI=1S/C26H25FN4O3/c1-17-8-9-18(27)14-22(17)34-26-24(25(32)30-12-10-28-11-13-30)20-15-23(33-2)29-16-21(20)31(26)19-6-4-3-5-7-19/h3-9,14-16,28H,10-13H2,1-2H3. The predicted octanol–water partition coefficient (Wildman–Crippen LogP) is 4.32. The number of nitrogens with zero attached hydrogens (tertiary/aromatic N) is 3. The first-order chi connectivity index (χ1) is 16.6. The van der Waals surface area contributed by atoms with E-state index in [1.165, 1.54) is 19.2 Å². The highest BCUT2D eigenvalue weighted by molar-refractivity contribution is 6.10. The number of ether oxygens (including phenoxy) is 2. The van der Waals surface area contributed by atoms with Gasteiger partial charge in [-0.1, -0.05) is 24.3 Å². The number of pyridine rings is 1. The smallest absolute Gasteiger partial charge is 0.260 e. The molecule has 0 saturated carbocycles. The maximum absolute atomic E-state index is 14.1. The molecule has 2 aromatic heterocycles. The van der Waals surface area contributed by atoms with Gasteiger partial charge in [0.1, 0.15) is 17.1 Å². The molecule has 1 amide bonds. The summed E-state index contributed by atoms with van der Waals surface area (Å²) in [6.07, 6.45) is 1.67. The first-order valence-corrected chi connectivity index (χ1v) is 11.1. The number of hydrogen-bond donors (Lipinski definition) is 1. The summed E-state index contributed by atoms with van der Waals surface area (Å²) in [5.41, 5.74) is 2.63. The lowest BCUT2D eigenvalue weighted by Gasteiger charge is -2.27. The van der Waals surface area contributed by atoms with Gasteiger partial charge in [-0.3, -0.25) is 9.36 Å². The van der Waals surface area contributed by atoms with Gasteiger partial charge >= 0.3 is 0 Å². The molecule has 2 aromatic carbocycles. The Labute approximate surface area is 196 Å². The van der Waals surface area contributed by atoms with Crippen LogP contribution in [0.5, 0.6) is 17.5 Å². The molecular formula is C26H25FN4O3. The van der Waals surface area contributed by atoms with E-state index in [2.05, 4.69) is 10.3 Å². The van der Waals surface area contributed by atoms with Gasteiger partial charge in [0.05, 0.1) is 18.8 Å². The van der Waals surface area contributed by atoms with Crippen LogP contribution in [0.2, 0.25) is 0 Å². The molecule has 0 atom stereocenters. The van der Waals surface area contributed by atoms with Crippen LogP contribution in [-0.2, 0) is 0 Å². The summed E-state index contributed by atoms with van der Waals surface area (Å²) in [6.45, 7) is 4.43. The number of carbonyl (C=O) groups excluding carboxylic acids is 1. The zero-order chi connectivity index (χ0) is 23.7. The van der Waals surface area contributed by atoms with Crippen LogP contribution < -0.4 is 14.8 Å². The van der Waals surface area contributed by atoms with Crippen molar-refractivity contribution in [2.45, 2.75) is 6.92 Å². The molecule has 1 N–H and O–H groups in total. The van der Waals surface area contributed by atoms with Crippen LogP contribution >= 0.6 is 0 Å². The van der Waals surface area contributed by atoms with E-state index in [0.717, 1.165) is 11.3 Å². The van der Waals surface area contributed by atoms with Crippen LogP contribution in [0.3, 0.4) is 0 Å². The molecule has 0 radical (unpaired) electrons. The van der Waals surface area contributed by atoms with Crippen molar-refractivity contribution < 1.29 is 18.7 Å². The molecule has 1 saturated heterocycles. The Morgan fingerprint density at radius 2 is 1.85 bits per heavy atom. The van der Waals surface area contributed by atoms with E-state index < -0.39 is 5.82 Å². The summed E-state index contributed by atoms with van der Waals surface area (Å²) in [5.74, 6) is 0.475. The summed E-state index contributed by atoms with van der Waals surface area (Å²) in [6, 6.07) is 15.7. The predicted molar refractivity (Wildman–Crippen MR) is 128 cm³/mol. The molecular weight excluding hydrogens is 435 g/mol. The quantitative estimate of drug-likeness (QED) is 0.481. The summed E-state index contributed by atoms with van der Waals surface area (Å²) < 4.78 is 27.7. The second-order valence-electron chi connectivity index (χ2n) is 8.15. The number of fused-ring (bicyclic) bond motifs is 1. The minimum Gasteiger partial charge on any atom is -0.481 e. The number of para-hydroxylation sites is 1. The van der Waals surface area contributed by atoms with Crippen molar-refractivity contribution in [1.82, 2.24) is 19.8 Å². The highest BCUT2D eigenvalue weighted by Gasteiger charge is 2.30. The van der Waals surface area contributed by atoms with Crippen molar-refractivity contribution in [3.63, 3.8) is 0 Å². The molecule has 1 aliphatic rings. The third kappa shape index (κ3) is 3.97. The fraction of sp³-hybridized carbons (Fsp3) is 0.231. The maximum atomic E-state index is 14.1. The van der Waals surface area contributed by atoms with Gasteiger partial charge in [-0.25, -0.2) is 9.37 Å². The third-order valence-corrected chi connectivity index (χ3v) is 5.98. The van der Waals surface area contributed by atoms with Crippen LogP contribution in [0.25, 0.3) is 16.6 Å². The molecule has 0 bridgehead atoms. The SMILES string of the molecule is COc1cc2c(C(=O)N3CCNCC3)c(Oc3cc(F)ccc3C)n(-c3ccccc3)c2cn1. The van der Waals surface area contributed by atoms with Crippen molar-refractivity contribution in [1.29, 1.82) is 0 Å². The van der Waals surface area contributed by atoms with E-state index in [-0.39, 0.29) is 5.91 Å². The Morgan fingerprint density at radius 3 is 2.59 bits per heavy atom. The highest BCUT2D eigenvalue weighted by atomic mass is 19.1. The molecule has 0 spiro atoms. The van der Waals surface area contributed by atoms with Crippen LogP contribution in [0.4, 0.5) is 4.39 Å². The van der Waals surface area contributed by atoms with Crippen LogP contribution in [0.1, 0.15) is 15.9 Å². The van der Waals surface area contributed by atoms with Crippen molar-refractivity contribution in [2.75, 3.05) is 33.3 Å². The van der Waals surface area contributed by atoms with Crippen molar-refractivity contribution in [3.8, 4) is 23.2 Å². The zero-order valence-corrected chi connectivity index (χ0v) is 19.0. The fourth-order valence-electron chi connectivity index (χ4n) is 4.21. The van der Waals surface area contributed by atoms with Gasteiger partial charge in [-0.15, -0.1) is 0 Å². The lowest BCUT2D eigenvalue weighted by molar-refractivity contribution is 0.0735. The molecule has 34 heavy (non-hydrogen) atoms. The Morgan fingerprint density at radius 1 is 1.09 bits per heavy atom. The number of halogens is 1. The number of methoxy groups -OCH3 is 1. The molecule has 0 unspecified atom stereocenters. The first-order valence-electron chi connectivity index (χ1n) is 11.1. The Hall–Kier alpha value is -3.91. The number of hydrogen-bond acceptors (Lipinski definition) is 5. The molecule has 3 heterocycles. The molecule has 1 fully saturated rings. The Kier molecular flexibility index (Phi) is 5.90. The zero-order valence-electron chi connectivity index (χ0n) is 19.0. The van der Waals surface area contributed by atoms with Gasteiger partial charge < -0.3 is 19.7 Å². The Balaban J connectivity index is 1.79. The summed E-state index contributed by atoms with van der Waals surface area (Å²) in [5, 5.41) is 3.93. The van der Waals surface area contributed by atoms with E-state index in [4.69, 9.17) is 9.47 Å². The number of piperazine rings is 1. The number of amides is 1. The molecule has 5 rings (SSSR count). The summed E-state index contributed by atoms with van der Waals surface area (Å²) in [4.78, 5) is 20.1. The lowest BCUT2D eigenvalue weighted by atomic mass is 10.1. The minimum absolute atomic E-state index is 0.154. The van der Waals surface area contributed by atoms with Crippen molar-refractivity contribution in [2.24, 2.45) is 0 Å². The highest BCUT2D eigenvalue weighted by Crippen LogP contribution is 2.40. The van der Waals surface area contributed by atoms with E-state index in [1.807, 2.05) is 41.8 Å². The second kappa shape index (κ2) is 9.15. The van der Waals surface area contributed by atoms with Crippen LogP contribution in [0.15, 0.2) is 60.8 Å². The molecule has 7 nitrogen and oxygen atoms in total. The van der Waals surface area contributed by atoms with Crippen LogP contribution in [0, 0.1) is 12.7 Å². The van der Waals surface area contributed by atoms with Gasteiger partial charge in [-0.05, 0) is 30.7 Å². The van der Waals surface area contributed by atoms with Gasteiger partial charge in [0.2, 0.25) is 11.8 Å². The second-order valence-corrected chi connectivity index (χ2v) is 8.15. The normalized spacial score (nSPS) is 13.8. The van der Waals surface area contributed by atoms with Gasteiger partial charge in [0, 0.05) is 49.4 Å². The van der Waals surface area contributed by atoms with Gasteiger partial charge in [0.15, 0.2) is 0 Å². The number of aryl methyl sites for hydroxylation is 1. The largest absolute Gasteiger partial charge is 0.481 e. The maximum Gasteiger partial charge on any atom is 0.260 e. The number of carbonyl (C=O) groups is 1. The minimum atomic E-state index is -0.415. The molecule has 4 aromatic rings. The monoisotopic (exact) mass is 460 g/mol. The van der Waals surface area contributed by atoms with Crippen LogP contribution in [-0.4, -0.2) is 53.6 Å². The topological polar surface area (TPSA) is 68.6 Å². The molecule has 8 heteroatoms. The van der Waals surface area contributed by atoms with Gasteiger partial charge in [0.25, 0.3) is 5.91 Å². The van der Waals surface area contributed by atoms with E-state index in [1.54, 1.807) is 23.2 Å². The number of rotatable bonds is 5. The summed E-state index contributed by atoms with van der Waals surface area (Å²) >= 11 is 0. The molecule has 0 aliphatic carbocycles. The number of nitrogens with one attached hydrogen (secondary N) is 1. The van der Waals surface area contributed by atoms with E-state index in [0.29, 0.717) is 60.2 Å². The molecule has 1 aliphatic heterocycles.